The molecule has 2 unspecified atom stereocenters. The number of rotatable bonds is 3. The van der Waals surface area contributed by atoms with Crippen molar-refractivity contribution in [3.63, 3.8) is 0 Å². The number of fused-ring (bicyclic) bond motifs is 1. The molecule has 2 aliphatic heterocycles. The van der Waals surface area contributed by atoms with Crippen LogP contribution in [0.2, 0.25) is 0 Å². The second kappa shape index (κ2) is 5.06. The molecule has 1 aliphatic carbocycles. The van der Waals surface area contributed by atoms with E-state index >= 15 is 0 Å². The standard InChI is InChI=1S/C15H23NO2/c1-16-8-4-5-12(16)9-11-10-18-14-7-3-6-13(17-2)15(11)14/h3,6,11-12,14H,4-5,7-10H2,1-2H3/t11?,12-,14?/m1/s1. The van der Waals surface area contributed by atoms with Gasteiger partial charge in [-0.1, -0.05) is 6.08 Å². The highest BCUT2D eigenvalue weighted by Gasteiger charge is 2.37. The lowest BCUT2D eigenvalue weighted by Crippen LogP contribution is -2.28. The first-order valence-electron chi connectivity index (χ1n) is 7.06. The molecule has 0 N–H and O–H groups in total. The summed E-state index contributed by atoms with van der Waals surface area (Å²) in [6, 6.07) is 0.730. The van der Waals surface area contributed by atoms with Gasteiger partial charge in [0, 0.05) is 17.5 Å². The molecule has 3 aliphatic rings. The Labute approximate surface area is 109 Å². The molecule has 0 aromatic heterocycles. The van der Waals surface area contributed by atoms with Crippen LogP contribution in [-0.4, -0.2) is 44.4 Å². The normalized spacial score (nSPS) is 36.2. The molecule has 100 valence electrons. The van der Waals surface area contributed by atoms with Crippen LogP contribution in [-0.2, 0) is 9.47 Å². The molecule has 0 spiro atoms. The van der Waals surface area contributed by atoms with Gasteiger partial charge in [0.05, 0.1) is 19.8 Å². The Kier molecular flexibility index (Phi) is 3.44. The SMILES string of the molecule is COC1=C2C(C[C@H]3CCCN3C)COC2CC=C1. The molecule has 3 heteroatoms. The van der Waals surface area contributed by atoms with E-state index in [1.54, 1.807) is 7.11 Å². The first kappa shape index (κ1) is 12.2. The summed E-state index contributed by atoms with van der Waals surface area (Å²) in [5, 5.41) is 0. The minimum absolute atomic E-state index is 0.279. The molecule has 0 aromatic carbocycles. The molecule has 0 aromatic rings. The van der Waals surface area contributed by atoms with Crippen molar-refractivity contribution in [1.82, 2.24) is 4.90 Å². The fourth-order valence-electron chi connectivity index (χ4n) is 3.61. The smallest absolute Gasteiger partial charge is 0.120 e. The van der Waals surface area contributed by atoms with E-state index in [0.29, 0.717) is 5.92 Å². The van der Waals surface area contributed by atoms with Crippen LogP contribution < -0.4 is 0 Å². The highest BCUT2D eigenvalue weighted by molar-refractivity contribution is 5.32. The Bertz CT molecular complexity index is 375. The minimum atomic E-state index is 0.279. The number of likely N-dealkylation sites (tertiary alicyclic amines) is 1. The molecular formula is C15H23NO2. The monoisotopic (exact) mass is 249 g/mol. The second-order valence-corrected chi connectivity index (χ2v) is 5.69. The first-order valence-corrected chi connectivity index (χ1v) is 7.06. The van der Waals surface area contributed by atoms with Gasteiger partial charge in [-0.15, -0.1) is 0 Å². The van der Waals surface area contributed by atoms with Crippen molar-refractivity contribution in [1.29, 1.82) is 0 Å². The number of nitrogens with zero attached hydrogens (tertiary/aromatic N) is 1. The van der Waals surface area contributed by atoms with Crippen molar-refractivity contribution in [2.24, 2.45) is 5.92 Å². The third kappa shape index (κ3) is 2.10. The minimum Gasteiger partial charge on any atom is -0.497 e. The van der Waals surface area contributed by atoms with E-state index in [2.05, 4.69) is 24.1 Å². The van der Waals surface area contributed by atoms with Crippen molar-refractivity contribution in [2.45, 2.75) is 37.8 Å². The van der Waals surface area contributed by atoms with Crippen molar-refractivity contribution in [2.75, 3.05) is 27.3 Å². The summed E-state index contributed by atoms with van der Waals surface area (Å²) in [6.45, 7) is 2.12. The zero-order valence-corrected chi connectivity index (χ0v) is 11.4. The van der Waals surface area contributed by atoms with Gasteiger partial charge >= 0.3 is 0 Å². The van der Waals surface area contributed by atoms with Crippen molar-refractivity contribution >= 4 is 0 Å². The Morgan fingerprint density at radius 1 is 1.50 bits per heavy atom. The van der Waals surface area contributed by atoms with Crippen LogP contribution in [0, 0.1) is 5.92 Å². The molecule has 18 heavy (non-hydrogen) atoms. The number of hydrogen-bond acceptors (Lipinski definition) is 3. The summed E-state index contributed by atoms with van der Waals surface area (Å²) in [5.74, 6) is 1.61. The predicted octanol–water partition coefficient (Wildman–Crippen LogP) is 2.35. The fraction of sp³-hybridized carbons (Fsp3) is 0.733. The van der Waals surface area contributed by atoms with Crippen LogP contribution in [0.4, 0.5) is 0 Å². The van der Waals surface area contributed by atoms with Crippen molar-refractivity contribution in [3.05, 3.63) is 23.5 Å². The van der Waals surface area contributed by atoms with Gasteiger partial charge < -0.3 is 14.4 Å². The van der Waals surface area contributed by atoms with Gasteiger partial charge in [-0.05, 0) is 45.4 Å². The van der Waals surface area contributed by atoms with E-state index in [9.17, 15) is 0 Å². The van der Waals surface area contributed by atoms with Crippen molar-refractivity contribution in [3.8, 4) is 0 Å². The van der Waals surface area contributed by atoms with Crippen LogP contribution in [0.25, 0.3) is 0 Å². The molecule has 3 rings (SSSR count). The molecule has 2 fully saturated rings. The van der Waals surface area contributed by atoms with E-state index in [-0.39, 0.29) is 6.10 Å². The summed E-state index contributed by atoms with van der Waals surface area (Å²) >= 11 is 0. The lowest BCUT2D eigenvalue weighted by Gasteiger charge is -2.25. The topological polar surface area (TPSA) is 21.7 Å². The molecule has 0 bridgehead atoms. The molecule has 3 atom stereocenters. The van der Waals surface area contributed by atoms with E-state index < -0.39 is 0 Å². The number of hydrogen-bond donors (Lipinski definition) is 0. The molecular weight excluding hydrogens is 226 g/mol. The number of allylic oxidation sites excluding steroid dienone is 1. The van der Waals surface area contributed by atoms with Gasteiger partial charge in [0.2, 0.25) is 0 Å². The lowest BCUT2D eigenvalue weighted by molar-refractivity contribution is 0.111. The molecule has 0 saturated carbocycles. The van der Waals surface area contributed by atoms with Gasteiger partial charge in [0.15, 0.2) is 0 Å². The zero-order valence-electron chi connectivity index (χ0n) is 11.4. The molecule has 0 radical (unpaired) electrons. The van der Waals surface area contributed by atoms with E-state index in [0.717, 1.165) is 24.8 Å². The van der Waals surface area contributed by atoms with Crippen LogP contribution >= 0.6 is 0 Å². The van der Waals surface area contributed by atoms with Crippen LogP contribution in [0.15, 0.2) is 23.5 Å². The van der Waals surface area contributed by atoms with Crippen molar-refractivity contribution < 1.29 is 9.47 Å². The quantitative estimate of drug-likeness (QED) is 0.766. The maximum Gasteiger partial charge on any atom is 0.120 e. The third-order valence-corrected chi connectivity index (χ3v) is 4.64. The first-order chi connectivity index (χ1) is 8.79. The summed E-state index contributed by atoms with van der Waals surface area (Å²) in [7, 11) is 4.02. The Morgan fingerprint density at radius 3 is 3.11 bits per heavy atom. The Balaban J connectivity index is 1.76. The average molecular weight is 249 g/mol. The van der Waals surface area contributed by atoms with Gasteiger partial charge in [-0.2, -0.15) is 0 Å². The molecule has 2 heterocycles. The van der Waals surface area contributed by atoms with Crippen LogP contribution in [0.3, 0.4) is 0 Å². The summed E-state index contributed by atoms with van der Waals surface area (Å²) in [4.78, 5) is 2.50. The summed E-state index contributed by atoms with van der Waals surface area (Å²) in [5.41, 5.74) is 1.42. The van der Waals surface area contributed by atoms with Gasteiger partial charge in [0.25, 0.3) is 0 Å². The van der Waals surface area contributed by atoms with Gasteiger partial charge in [0.1, 0.15) is 5.76 Å². The molecule has 0 amide bonds. The predicted molar refractivity (Wildman–Crippen MR) is 71.3 cm³/mol. The van der Waals surface area contributed by atoms with E-state index in [1.807, 2.05) is 0 Å². The molecule has 2 saturated heterocycles. The lowest BCUT2D eigenvalue weighted by atomic mass is 9.87. The maximum atomic E-state index is 5.94. The van der Waals surface area contributed by atoms with E-state index in [4.69, 9.17) is 9.47 Å². The largest absolute Gasteiger partial charge is 0.497 e. The highest BCUT2D eigenvalue weighted by Crippen LogP contribution is 2.38. The zero-order chi connectivity index (χ0) is 12.5. The Hall–Kier alpha value is -0.800. The van der Waals surface area contributed by atoms with Gasteiger partial charge in [-0.25, -0.2) is 0 Å². The van der Waals surface area contributed by atoms with E-state index in [1.165, 1.54) is 31.4 Å². The van der Waals surface area contributed by atoms with Crippen LogP contribution in [0.5, 0.6) is 0 Å². The summed E-state index contributed by atoms with van der Waals surface area (Å²) in [6.07, 6.45) is 9.48. The highest BCUT2D eigenvalue weighted by atomic mass is 16.5. The Morgan fingerprint density at radius 2 is 2.39 bits per heavy atom. The number of methoxy groups -OCH3 is 1. The summed E-state index contributed by atoms with van der Waals surface area (Å²) < 4.78 is 11.5. The maximum absolute atomic E-state index is 5.94. The number of ether oxygens (including phenoxy) is 2. The fourth-order valence-corrected chi connectivity index (χ4v) is 3.61. The third-order valence-electron chi connectivity index (χ3n) is 4.64. The van der Waals surface area contributed by atoms with Crippen LogP contribution in [0.1, 0.15) is 25.7 Å². The average Bonchev–Trinajstić information content (AvgIpc) is 2.97. The second-order valence-electron chi connectivity index (χ2n) is 5.69. The molecule has 3 nitrogen and oxygen atoms in total. The van der Waals surface area contributed by atoms with Gasteiger partial charge in [-0.3, -0.25) is 0 Å².